The Morgan fingerprint density at radius 2 is 1.76 bits per heavy atom. The first-order valence-corrected chi connectivity index (χ1v) is 12.9. The normalized spacial score (nSPS) is 14.6. The summed E-state index contributed by atoms with van der Waals surface area (Å²) in [5.41, 5.74) is 4.56. The quantitative estimate of drug-likeness (QED) is 0.302. The van der Waals surface area contributed by atoms with Crippen molar-refractivity contribution in [3.05, 3.63) is 77.5 Å². The Morgan fingerprint density at radius 1 is 0.976 bits per heavy atom. The van der Waals surface area contributed by atoms with Gasteiger partial charge in [-0.25, -0.2) is 15.0 Å². The first-order valence-electron chi connectivity index (χ1n) is 12.9. The number of carbonyl (C=O) groups is 1. The van der Waals surface area contributed by atoms with Gasteiger partial charge in [-0.3, -0.25) is 9.78 Å². The van der Waals surface area contributed by atoms with Crippen molar-refractivity contribution in [2.24, 2.45) is 0 Å². The van der Waals surface area contributed by atoms with Gasteiger partial charge in [0.05, 0.1) is 34.5 Å². The molecule has 1 saturated heterocycles. The Bertz CT molecular complexity index is 1550. The van der Waals surface area contributed by atoms with E-state index < -0.39 is 17.6 Å². The minimum Gasteiger partial charge on any atom is -0.339 e. The maximum Gasteiger partial charge on any atom is 0.416 e. The van der Waals surface area contributed by atoms with Crippen LogP contribution in [0.4, 0.5) is 36.2 Å². The van der Waals surface area contributed by atoms with Crippen LogP contribution in [-0.4, -0.2) is 73.8 Å². The highest BCUT2D eigenvalue weighted by atomic mass is 19.4. The smallest absolute Gasteiger partial charge is 0.339 e. The lowest BCUT2D eigenvalue weighted by Crippen LogP contribution is -2.47. The number of rotatable bonds is 7. The minimum atomic E-state index is -4.55. The number of benzene rings is 1. The molecule has 3 N–H and O–H groups in total. The lowest BCUT2D eigenvalue weighted by molar-refractivity contribution is -0.137. The molecule has 1 aliphatic rings. The molecular formula is C27H29F3N10O. The zero-order valence-corrected chi connectivity index (χ0v) is 22.7. The molecule has 0 atom stereocenters. The Kier molecular flexibility index (Phi) is 7.85. The standard InChI is InChI=1S/C27H29F3N10O/c1-17-11-25(40(36-17)24-14-23(32-16-33-24)37-39-9-7-38(3)8-10-39)35-22-13-21(15-31-18(22)2)34-26(41)19-5-4-6-20(12-19)27(28,29)30/h4-6,11-16,35H,7-10H2,1-3H3,(H,34,41)(H,32,33,37). The van der Waals surface area contributed by atoms with Crippen LogP contribution in [0, 0.1) is 13.8 Å². The van der Waals surface area contributed by atoms with Crippen LogP contribution in [0.2, 0.25) is 0 Å². The number of nitrogens with zero attached hydrogens (tertiary/aromatic N) is 7. The van der Waals surface area contributed by atoms with Gasteiger partial charge in [-0.2, -0.15) is 23.0 Å². The molecule has 3 aromatic heterocycles. The highest BCUT2D eigenvalue weighted by Crippen LogP contribution is 2.30. The average Bonchev–Trinajstić information content (AvgIpc) is 3.31. The number of hydrogen-bond donors (Lipinski definition) is 3. The van der Waals surface area contributed by atoms with Gasteiger partial charge in [-0.05, 0) is 45.2 Å². The predicted octanol–water partition coefficient (Wildman–Crippen LogP) is 4.26. The maximum absolute atomic E-state index is 13.1. The van der Waals surface area contributed by atoms with Crippen molar-refractivity contribution in [2.45, 2.75) is 20.0 Å². The Morgan fingerprint density at radius 3 is 2.51 bits per heavy atom. The number of carbonyl (C=O) groups excluding carboxylic acids is 1. The van der Waals surface area contributed by atoms with Crippen LogP contribution in [-0.2, 0) is 6.18 Å². The molecule has 0 saturated carbocycles. The second-order valence-corrected chi connectivity index (χ2v) is 9.76. The van der Waals surface area contributed by atoms with Gasteiger partial charge in [0.2, 0.25) is 0 Å². The molecule has 1 fully saturated rings. The number of halogens is 3. The molecule has 214 valence electrons. The number of likely N-dealkylation sites (N-methyl/N-ethyl adjacent to an activating group) is 1. The van der Waals surface area contributed by atoms with Crippen molar-refractivity contribution in [2.75, 3.05) is 49.3 Å². The molecule has 14 heteroatoms. The number of anilines is 4. The summed E-state index contributed by atoms with van der Waals surface area (Å²) in [6.07, 6.45) is -1.65. The molecular weight excluding hydrogens is 537 g/mol. The van der Waals surface area contributed by atoms with E-state index in [1.54, 1.807) is 23.7 Å². The first kappa shape index (κ1) is 28.0. The van der Waals surface area contributed by atoms with Gasteiger partial charge in [0.1, 0.15) is 18.0 Å². The lowest BCUT2D eigenvalue weighted by Gasteiger charge is -2.32. The van der Waals surface area contributed by atoms with Crippen molar-refractivity contribution in [3.63, 3.8) is 0 Å². The fraction of sp³-hybridized carbons (Fsp3) is 0.296. The van der Waals surface area contributed by atoms with Crippen molar-refractivity contribution >= 4 is 28.9 Å². The van der Waals surface area contributed by atoms with Crippen molar-refractivity contribution in [1.29, 1.82) is 0 Å². The second kappa shape index (κ2) is 11.5. The molecule has 41 heavy (non-hydrogen) atoms. The van der Waals surface area contributed by atoms with Gasteiger partial charge in [-0.1, -0.05) is 6.07 Å². The Balaban J connectivity index is 1.34. The topological polar surface area (TPSA) is 116 Å². The summed E-state index contributed by atoms with van der Waals surface area (Å²) in [5.74, 6) is 1.08. The van der Waals surface area contributed by atoms with E-state index in [4.69, 9.17) is 0 Å². The SMILES string of the molecule is Cc1cc(Nc2cc(NC(=O)c3cccc(C(F)(F)F)c3)cnc2C)n(-c2cc(NN3CCN(C)CC3)ncn2)n1. The second-order valence-electron chi connectivity index (χ2n) is 9.76. The molecule has 5 rings (SSSR count). The number of aryl methyl sites for hydroxylation is 2. The molecule has 1 aliphatic heterocycles. The van der Waals surface area contributed by atoms with Crippen LogP contribution < -0.4 is 16.1 Å². The number of aromatic nitrogens is 5. The Hall–Kier alpha value is -4.56. The number of amides is 1. The van der Waals surface area contributed by atoms with Gasteiger partial charge in [0.25, 0.3) is 5.91 Å². The molecule has 4 aromatic rings. The third-order valence-corrected chi connectivity index (χ3v) is 6.54. The zero-order valence-electron chi connectivity index (χ0n) is 22.7. The predicted molar refractivity (Wildman–Crippen MR) is 148 cm³/mol. The fourth-order valence-electron chi connectivity index (χ4n) is 4.27. The molecule has 4 heterocycles. The summed E-state index contributed by atoms with van der Waals surface area (Å²) in [7, 11) is 2.09. The fourth-order valence-corrected chi connectivity index (χ4v) is 4.27. The van der Waals surface area contributed by atoms with Crippen LogP contribution in [0.5, 0.6) is 0 Å². The van der Waals surface area contributed by atoms with Crippen LogP contribution in [0.1, 0.15) is 27.3 Å². The van der Waals surface area contributed by atoms with E-state index in [0.29, 0.717) is 34.5 Å². The average molecular weight is 567 g/mol. The van der Waals surface area contributed by atoms with Gasteiger partial charge in [-0.15, -0.1) is 0 Å². The number of pyridine rings is 1. The molecule has 0 bridgehead atoms. The number of piperazine rings is 1. The number of nitrogens with one attached hydrogen (secondary N) is 3. The molecule has 11 nitrogen and oxygen atoms in total. The highest BCUT2D eigenvalue weighted by molar-refractivity contribution is 6.04. The molecule has 0 radical (unpaired) electrons. The van der Waals surface area contributed by atoms with E-state index in [9.17, 15) is 18.0 Å². The van der Waals surface area contributed by atoms with E-state index in [2.05, 4.69) is 53.1 Å². The highest BCUT2D eigenvalue weighted by Gasteiger charge is 2.31. The summed E-state index contributed by atoms with van der Waals surface area (Å²) < 4.78 is 40.9. The van der Waals surface area contributed by atoms with Gasteiger partial charge in [0.15, 0.2) is 5.82 Å². The van der Waals surface area contributed by atoms with E-state index >= 15 is 0 Å². The summed E-state index contributed by atoms with van der Waals surface area (Å²) in [6, 6.07) is 9.53. The minimum absolute atomic E-state index is 0.117. The molecule has 0 unspecified atom stereocenters. The zero-order chi connectivity index (χ0) is 29.1. The monoisotopic (exact) mass is 566 g/mol. The summed E-state index contributed by atoms with van der Waals surface area (Å²) in [6.45, 7) is 7.25. The third-order valence-electron chi connectivity index (χ3n) is 6.54. The number of hydrogen-bond acceptors (Lipinski definition) is 9. The lowest BCUT2D eigenvalue weighted by atomic mass is 10.1. The molecule has 1 amide bonds. The number of hydrazine groups is 1. The van der Waals surface area contributed by atoms with E-state index in [0.717, 1.165) is 44.0 Å². The van der Waals surface area contributed by atoms with Crippen molar-refractivity contribution < 1.29 is 18.0 Å². The van der Waals surface area contributed by atoms with Gasteiger partial charge < -0.3 is 21.0 Å². The molecule has 0 aliphatic carbocycles. The van der Waals surface area contributed by atoms with Crippen LogP contribution in [0.15, 0.2) is 55.0 Å². The summed E-state index contributed by atoms with van der Waals surface area (Å²) >= 11 is 0. The van der Waals surface area contributed by atoms with Crippen LogP contribution >= 0.6 is 0 Å². The van der Waals surface area contributed by atoms with Gasteiger partial charge >= 0.3 is 6.18 Å². The van der Waals surface area contributed by atoms with Crippen molar-refractivity contribution in [1.82, 2.24) is 34.6 Å². The molecule has 1 aromatic carbocycles. The summed E-state index contributed by atoms with van der Waals surface area (Å²) in [5, 5.41) is 12.6. The number of alkyl halides is 3. The first-order chi connectivity index (χ1) is 19.5. The van der Waals surface area contributed by atoms with Crippen LogP contribution in [0.3, 0.4) is 0 Å². The van der Waals surface area contributed by atoms with Crippen molar-refractivity contribution in [3.8, 4) is 5.82 Å². The maximum atomic E-state index is 13.1. The summed E-state index contributed by atoms with van der Waals surface area (Å²) in [4.78, 5) is 28.1. The van der Waals surface area contributed by atoms with E-state index in [1.165, 1.54) is 24.7 Å². The Labute approximate surface area is 234 Å². The van der Waals surface area contributed by atoms with E-state index in [-0.39, 0.29) is 5.56 Å². The molecule has 0 spiro atoms. The largest absolute Gasteiger partial charge is 0.416 e. The van der Waals surface area contributed by atoms with Gasteiger partial charge in [0, 0.05) is 43.9 Å². The van der Waals surface area contributed by atoms with E-state index in [1.807, 2.05) is 13.0 Å². The third kappa shape index (κ3) is 6.78. The van der Waals surface area contributed by atoms with Crippen LogP contribution in [0.25, 0.3) is 5.82 Å².